The SMILES string of the molecule is COc1ccc(C(C)O)c(OCCC(=O)NC2CC2)c1. The number of aliphatic hydroxyl groups is 1. The lowest BCUT2D eigenvalue weighted by Crippen LogP contribution is -2.26. The van der Waals surface area contributed by atoms with Crippen molar-refractivity contribution in [1.82, 2.24) is 5.32 Å². The highest BCUT2D eigenvalue weighted by molar-refractivity contribution is 5.76. The van der Waals surface area contributed by atoms with E-state index < -0.39 is 6.10 Å². The van der Waals surface area contributed by atoms with Crippen molar-refractivity contribution in [1.29, 1.82) is 0 Å². The minimum Gasteiger partial charge on any atom is -0.497 e. The average molecular weight is 279 g/mol. The normalized spacial score (nSPS) is 15.6. The maximum absolute atomic E-state index is 11.6. The van der Waals surface area contributed by atoms with Gasteiger partial charge in [-0.25, -0.2) is 0 Å². The van der Waals surface area contributed by atoms with E-state index in [9.17, 15) is 9.90 Å². The molecule has 0 radical (unpaired) electrons. The minimum atomic E-state index is -0.629. The summed E-state index contributed by atoms with van der Waals surface area (Å²) in [6, 6.07) is 5.63. The number of methoxy groups -OCH3 is 1. The van der Waals surface area contributed by atoms with Gasteiger partial charge >= 0.3 is 0 Å². The molecule has 5 nitrogen and oxygen atoms in total. The third-order valence-electron chi connectivity index (χ3n) is 3.20. The zero-order valence-corrected chi connectivity index (χ0v) is 11.9. The second kappa shape index (κ2) is 6.61. The second-order valence-electron chi connectivity index (χ2n) is 5.02. The van der Waals surface area contributed by atoms with Crippen LogP contribution in [0.5, 0.6) is 11.5 Å². The second-order valence-corrected chi connectivity index (χ2v) is 5.02. The van der Waals surface area contributed by atoms with Crippen LogP contribution in [0, 0.1) is 0 Å². The first-order chi connectivity index (χ1) is 9.60. The Labute approximate surface area is 118 Å². The standard InChI is InChI=1S/C15H21NO4/c1-10(17)13-6-5-12(19-2)9-14(13)20-8-7-15(18)16-11-3-4-11/h5-6,9-11,17H,3-4,7-8H2,1-2H3,(H,16,18). The van der Waals surface area contributed by atoms with E-state index in [1.165, 1.54) is 0 Å². The maximum Gasteiger partial charge on any atom is 0.223 e. The van der Waals surface area contributed by atoms with Crippen molar-refractivity contribution in [2.75, 3.05) is 13.7 Å². The number of carbonyl (C=O) groups excluding carboxylic acids is 1. The Morgan fingerprint density at radius 2 is 2.25 bits per heavy atom. The molecule has 110 valence electrons. The lowest BCUT2D eigenvalue weighted by atomic mass is 10.1. The third-order valence-corrected chi connectivity index (χ3v) is 3.20. The van der Waals surface area contributed by atoms with Crippen molar-refractivity contribution in [3.8, 4) is 11.5 Å². The molecule has 1 atom stereocenters. The Morgan fingerprint density at radius 3 is 2.85 bits per heavy atom. The molecule has 1 aromatic rings. The summed E-state index contributed by atoms with van der Waals surface area (Å²) in [4.78, 5) is 11.6. The Hall–Kier alpha value is -1.75. The number of carbonyl (C=O) groups is 1. The zero-order valence-electron chi connectivity index (χ0n) is 11.9. The highest BCUT2D eigenvalue weighted by Crippen LogP contribution is 2.29. The first-order valence-corrected chi connectivity index (χ1v) is 6.88. The molecule has 0 heterocycles. The van der Waals surface area contributed by atoms with Crippen molar-refractivity contribution in [3.05, 3.63) is 23.8 Å². The summed E-state index contributed by atoms with van der Waals surface area (Å²) in [6.45, 7) is 1.96. The topological polar surface area (TPSA) is 67.8 Å². The van der Waals surface area contributed by atoms with Gasteiger partial charge in [-0.2, -0.15) is 0 Å². The van der Waals surface area contributed by atoms with Gasteiger partial charge in [0.2, 0.25) is 5.91 Å². The summed E-state index contributed by atoms with van der Waals surface area (Å²) < 4.78 is 10.7. The van der Waals surface area contributed by atoms with Crippen LogP contribution >= 0.6 is 0 Å². The van der Waals surface area contributed by atoms with E-state index in [4.69, 9.17) is 9.47 Å². The molecule has 5 heteroatoms. The van der Waals surface area contributed by atoms with Crippen LogP contribution in [-0.4, -0.2) is 30.8 Å². The number of aliphatic hydroxyl groups excluding tert-OH is 1. The number of hydrogen-bond donors (Lipinski definition) is 2. The molecule has 1 saturated carbocycles. The molecule has 1 aliphatic rings. The largest absolute Gasteiger partial charge is 0.497 e. The van der Waals surface area contributed by atoms with Crippen LogP contribution in [0.3, 0.4) is 0 Å². The van der Waals surface area contributed by atoms with Gasteiger partial charge in [0.1, 0.15) is 11.5 Å². The van der Waals surface area contributed by atoms with Gasteiger partial charge in [-0.3, -0.25) is 4.79 Å². The zero-order chi connectivity index (χ0) is 14.5. The molecule has 0 aliphatic heterocycles. The molecule has 2 rings (SSSR count). The van der Waals surface area contributed by atoms with E-state index >= 15 is 0 Å². The molecule has 1 unspecified atom stereocenters. The van der Waals surface area contributed by atoms with Crippen LogP contribution in [0.15, 0.2) is 18.2 Å². The molecule has 0 bridgehead atoms. The van der Waals surface area contributed by atoms with Crippen molar-refractivity contribution in [2.45, 2.75) is 38.3 Å². The van der Waals surface area contributed by atoms with Crippen molar-refractivity contribution in [2.24, 2.45) is 0 Å². The Kier molecular flexibility index (Phi) is 4.84. The molecule has 1 amide bonds. The van der Waals surface area contributed by atoms with Crippen LogP contribution in [0.25, 0.3) is 0 Å². The van der Waals surface area contributed by atoms with Crippen LogP contribution in [0.4, 0.5) is 0 Å². The first-order valence-electron chi connectivity index (χ1n) is 6.88. The predicted octanol–water partition coefficient (Wildman–Crippen LogP) is 1.80. The van der Waals surface area contributed by atoms with Crippen LogP contribution in [0.2, 0.25) is 0 Å². The van der Waals surface area contributed by atoms with Crippen LogP contribution < -0.4 is 14.8 Å². The van der Waals surface area contributed by atoms with Gasteiger partial charge in [0.25, 0.3) is 0 Å². The van der Waals surface area contributed by atoms with E-state index in [2.05, 4.69) is 5.32 Å². The molecule has 0 spiro atoms. The van der Waals surface area contributed by atoms with Crippen molar-refractivity contribution in [3.63, 3.8) is 0 Å². The van der Waals surface area contributed by atoms with Gasteiger partial charge in [0.05, 0.1) is 26.2 Å². The molecule has 0 saturated heterocycles. The van der Waals surface area contributed by atoms with Crippen LogP contribution in [-0.2, 0) is 4.79 Å². The Morgan fingerprint density at radius 1 is 1.50 bits per heavy atom. The number of hydrogen-bond acceptors (Lipinski definition) is 4. The predicted molar refractivity (Wildman–Crippen MR) is 74.9 cm³/mol. The van der Waals surface area contributed by atoms with Gasteiger partial charge in [0, 0.05) is 17.7 Å². The van der Waals surface area contributed by atoms with E-state index in [1.807, 2.05) is 0 Å². The summed E-state index contributed by atoms with van der Waals surface area (Å²) in [6.07, 6.45) is 1.84. The fraction of sp³-hybridized carbons (Fsp3) is 0.533. The van der Waals surface area contributed by atoms with E-state index in [1.54, 1.807) is 32.2 Å². The fourth-order valence-electron chi connectivity index (χ4n) is 1.89. The Bertz CT molecular complexity index is 469. The molecular formula is C15H21NO4. The molecule has 0 aromatic heterocycles. The highest BCUT2D eigenvalue weighted by atomic mass is 16.5. The summed E-state index contributed by atoms with van der Waals surface area (Å²) in [7, 11) is 1.57. The summed E-state index contributed by atoms with van der Waals surface area (Å²) >= 11 is 0. The monoisotopic (exact) mass is 279 g/mol. The van der Waals surface area contributed by atoms with Gasteiger partial charge in [0.15, 0.2) is 0 Å². The maximum atomic E-state index is 11.6. The van der Waals surface area contributed by atoms with Gasteiger partial charge in [-0.15, -0.1) is 0 Å². The fourth-order valence-corrected chi connectivity index (χ4v) is 1.89. The summed E-state index contributed by atoms with van der Waals surface area (Å²) in [5.74, 6) is 1.22. The number of nitrogens with one attached hydrogen (secondary N) is 1. The molecule has 2 N–H and O–H groups in total. The summed E-state index contributed by atoms with van der Waals surface area (Å²) in [5, 5.41) is 12.6. The van der Waals surface area contributed by atoms with Gasteiger partial charge in [-0.1, -0.05) is 0 Å². The van der Waals surface area contributed by atoms with Gasteiger partial charge in [-0.05, 0) is 31.9 Å². The average Bonchev–Trinajstić information content (AvgIpc) is 3.22. The van der Waals surface area contributed by atoms with E-state index in [0.717, 1.165) is 12.8 Å². The third kappa shape index (κ3) is 4.13. The quantitative estimate of drug-likeness (QED) is 0.798. The first kappa shape index (κ1) is 14.7. The van der Waals surface area contributed by atoms with Crippen molar-refractivity contribution >= 4 is 5.91 Å². The molecule has 1 aromatic carbocycles. The number of ether oxygens (including phenoxy) is 2. The van der Waals surface area contributed by atoms with E-state index in [-0.39, 0.29) is 12.5 Å². The molecule has 1 fully saturated rings. The van der Waals surface area contributed by atoms with Crippen molar-refractivity contribution < 1.29 is 19.4 Å². The Balaban J connectivity index is 1.90. The molecular weight excluding hydrogens is 258 g/mol. The molecule has 1 aliphatic carbocycles. The number of rotatable bonds is 7. The molecule has 20 heavy (non-hydrogen) atoms. The highest BCUT2D eigenvalue weighted by Gasteiger charge is 2.23. The van der Waals surface area contributed by atoms with Crippen LogP contribution in [0.1, 0.15) is 37.9 Å². The van der Waals surface area contributed by atoms with Gasteiger partial charge < -0.3 is 19.9 Å². The smallest absolute Gasteiger partial charge is 0.223 e. The minimum absolute atomic E-state index is 0.00833. The summed E-state index contributed by atoms with van der Waals surface area (Å²) in [5.41, 5.74) is 0.688. The lowest BCUT2D eigenvalue weighted by molar-refractivity contribution is -0.121. The number of amides is 1. The van der Waals surface area contributed by atoms with E-state index in [0.29, 0.717) is 29.5 Å². The number of benzene rings is 1. The lowest BCUT2D eigenvalue weighted by Gasteiger charge is -2.14.